The van der Waals surface area contributed by atoms with Gasteiger partial charge in [-0.2, -0.15) is 0 Å². The number of hydrogen-bond donors (Lipinski definition) is 1. The largest absolute Gasteiger partial charge is 0.391 e. The summed E-state index contributed by atoms with van der Waals surface area (Å²) in [5.41, 5.74) is 0.993. The molecule has 2 atom stereocenters. The zero-order chi connectivity index (χ0) is 13.1. The van der Waals surface area contributed by atoms with Crippen LogP contribution in [-0.4, -0.2) is 49.6 Å². The first-order chi connectivity index (χ1) is 8.73. The molecule has 0 spiro atoms. The predicted molar refractivity (Wildman–Crippen MR) is 71.2 cm³/mol. The third kappa shape index (κ3) is 2.51. The van der Waals surface area contributed by atoms with Crippen LogP contribution in [0, 0.1) is 0 Å². The number of ether oxygens (including phenoxy) is 2. The summed E-state index contributed by atoms with van der Waals surface area (Å²) < 4.78 is 10.8. The first-order valence-electron chi connectivity index (χ1n) is 6.13. The average molecular weight is 272 g/mol. The average Bonchev–Trinajstić information content (AvgIpc) is 3.01. The number of rotatable bonds is 5. The highest BCUT2D eigenvalue weighted by atomic mass is 32.1. The van der Waals surface area contributed by atoms with Crippen LogP contribution in [0.1, 0.15) is 17.5 Å². The minimum Gasteiger partial charge on any atom is -0.391 e. The number of aliphatic hydroxyl groups excluding tert-OH is 1. The van der Waals surface area contributed by atoms with E-state index in [1.165, 1.54) is 0 Å². The molecule has 1 fully saturated rings. The summed E-state index contributed by atoms with van der Waals surface area (Å²) in [5.74, 6) is 0. The Hall–Kier alpha value is -0.690. The molecule has 1 aromatic heterocycles. The summed E-state index contributed by atoms with van der Waals surface area (Å²) in [7, 11) is 3.41. The van der Waals surface area contributed by atoms with Crippen LogP contribution in [0.2, 0.25) is 0 Å². The minimum absolute atomic E-state index is 0.0656. The highest BCUT2D eigenvalue weighted by molar-refractivity contribution is 7.15. The van der Waals surface area contributed by atoms with Crippen molar-refractivity contribution in [3.8, 4) is 0 Å². The fraction of sp³-hybridized carbons (Fsp3) is 0.750. The molecule has 1 N–H and O–H groups in total. The first kappa shape index (κ1) is 13.7. The molecule has 2 unspecified atom stereocenters. The van der Waals surface area contributed by atoms with Crippen LogP contribution in [-0.2, 0) is 22.5 Å². The van der Waals surface area contributed by atoms with Crippen molar-refractivity contribution in [2.24, 2.45) is 0 Å². The molecule has 6 heteroatoms. The van der Waals surface area contributed by atoms with E-state index in [0.717, 1.165) is 35.2 Å². The number of hydrogen-bond acceptors (Lipinski definition) is 6. The van der Waals surface area contributed by atoms with Gasteiger partial charge in [0.2, 0.25) is 0 Å². The highest BCUT2D eigenvalue weighted by Gasteiger charge is 2.34. The van der Waals surface area contributed by atoms with Crippen molar-refractivity contribution < 1.29 is 14.6 Å². The molecule has 0 saturated carbocycles. The number of thiazole rings is 1. The molecule has 2 rings (SSSR count). The third-order valence-electron chi connectivity index (χ3n) is 3.34. The normalized spacial score (nSPS) is 23.9. The standard InChI is InChI=1S/C12H20N2O3S/c1-4-8-11(7-15)18-12(13-8)14-5-9(16-2)10(6-14)17-3/h9-10,15H,4-7H2,1-3H3. The fourth-order valence-corrected chi connectivity index (χ4v) is 3.28. The Balaban J connectivity index is 2.15. The number of aromatic nitrogens is 1. The lowest BCUT2D eigenvalue weighted by molar-refractivity contribution is -0.00461. The van der Waals surface area contributed by atoms with Crippen LogP contribution in [0.15, 0.2) is 0 Å². The van der Waals surface area contributed by atoms with Gasteiger partial charge < -0.3 is 19.5 Å². The van der Waals surface area contributed by atoms with Gasteiger partial charge in [0.05, 0.1) is 17.2 Å². The highest BCUT2D eigenvalue weighted by Crippen LogP contribution is 2.30. The fourth-order valence-electron chi connectivity index (χ4n) is 2.26. The zero-order valence-corrected chi connectivity index (χ0v) is 11.9. The summed E-state index contributed by atoms with van der Waals surface area (Å²) in [6, 6.07) is 0. The van der Waals surface area contributed by atoms with Crippen LogP contribution in [0.25, 0.3) is 0 Å². The molecule has 1 aliphatic heterocycles. The SMILES string of the molecule is CCc1nc(N2CC(OC)C(OC)C2)sc1CO. The van der Waals surface area contributed by atoms with Gasteiger partial charge in [-0.1, -0.05) is 18.3 Å². The molecule has 0 aliphatic carbocycles. The van der Waals surface area contributed by atoms with Crippen LogP contribution >= 0.6 is 11.3 Å². The molecule has 0 radical (unpaired) electrons. The molecule has 0 amide bonds. The van der Waals surface area contributed by atoms with Crippen molar-refractivity contribution in [3.63, 3.8) is 0 Å². The van der Waals surface area contributed by atoms with Crippen molar-refractivity contribution in [3.05, 3.63) is 10.6 Å². The van der Waals surface area contributed by atoms with Gasteiger partial charge in [0.25, 0.3) is 0 Å². The number of aliphatic hydroxyl groups is 1. The second-order valence-electron chi connectivity index (χ2n) is 4.33. The van der Waals surface area contributed by atoms with Crippen molar-refractivity contribution in [2.45, 2.75) is 32.2 Å². The van der Waals surface area contributed by atoms with E-state index in [1.807, 2.05) is 0 Å². The van der Waals surface area contributed by atoms with E-state index >= 15 is 0 Å². The maximum Gasteiger partial charge on any atom is 0.186 e. The molecule has 1 aliphatic rings. The van der Waals surface area contributed by atoms with E-state index in [2.05, 4.69) is 16.8 Å². The number of methoxy groups -OCH3 is 2. The summed E-state index contributed by atoms with van der Waals surface area (Å²) in [6.45, 7) is 3.70. The molecule has 18 heavy (non-hydrogen) atoms. The van der Waals surface area contributed by atoms with Gasteiger partial charge in [0.15, 0.2) is 5.13 Å². The van der Waals surface area contributed by atoms with Crippen molar-refractivity contribution >= 4 is 16.5 Å². The molecular formula is C12H20N2O3S. The lowest BCUT2D eigenvalue weighted by atomic mass is 10.3. The van der Waals surface area contributed by atoms with Gasteiger partial charge in [0, 0.05) is 27.3 Å². The molecule has 0 bridgehead atoms. The van der Waals surface area contributed by atoms with Gasteiger partial charge in [0.1, 0.15) is 12.2 Å². The topological polar surface area (TPSA) is 54.8 Å². The van der Waals surface area contributed by atoms with Crippen LogP contribution in [0.4, 0.5) is 5.13 Å². The first-order valence-corrected chi connectivity index (χ1v) is 6.95. The van der Waals surface area contributed by atoms with E-state index < -0.39 is 0 Å². The number of anilines is 1. The lowest BCUT2D eigenvalue weighted by Gasteiger charge is -2.13. The van der Waals surface area contributed by atoms with Crippen molar-refractivity contribution in [2.75, 3.05) is 32.2 Å². The third-order valence-corrected chi connectivity index (χ3v) is 4.48. The van der Waals surface area contributed by atoms with E-state index in [4.69, 9.17) is 9.47 Å². The lowest BCUT2D eigenvalue weighted by Crippen LogP contribution is -2.27. The number of aryl methyl sites for hydroxylation is 1. The Morgan fingerprint density at radius 3 is 2.33 bits per heavy atom. The molecular weight excluding hydrogens is 252 g/mol. The monoisotopic (exact) mass is 272 g/mol. The summed E-state index contributed by atoms with van der Waals surface area (Å²) >= 11 is 1.56. The van der Waals surface area contributed by atoms with E-state index in [0.29, 0.717) is 0 Å². The van der Waals surface area contributed by atoms with E-state index in [-0.39, 0.29) is 18.8 Å². The molecule has 102 valence electrons. The molecule has 1 aromatic rings. The smallest absolute Gasteiger partial charge is 0.186 e. The molecule has 5 nitrogen and oxygen atoms in total. The van der Waals surface area contributed by atoms with Crippen LogP contribution < -0.4 is 4.90 Å². The maximum atomic E-state index is 9.30. The molecule has 2 heterocycles. The second kappa shape index (κ2) is 5.97. The zero-order valence-electron chi connectivity index (χ0n) is 11.0. The number of nitrogens with zero attached hydrogens (tertiary/aromatic N) is 2. The quantitative estimate of drug-likeness (QED) is 0.868. The van der Waals surface area contributed by atoms with Gasteiger partial charge in [-0.25, -0.2) is 4.98 Å². The Bertz CT molecular complexity index is 363. The minimum atomic E-state index is 0.0656. The summed E-state index contributed by atoms with van der Waals surface area (Å²) in [4.78, 5) is 7.72. The van der Waals surface area contributed by atoms with Gasteiger partial charge >= 0.3 is 0 Å². The predicted octanol–water partition coefficient (Wildman–Crippen LogP) is 1.05. The summed E-state index contributed by atoms with van der Waals surface area (Å²) in [5, 5.41) is 10.3. The Kier molecular flexibility index (Phi) is 4.55. The second-order valence-corrected chi connectivity index (χ2v) is 5.39. The Morgan fingerprint density at radius 2 is 1.94 bits per heavy atom. The van der Waals surface area contributed by atoms with E-state index in [9.17, 15) is 5.11 Å². The van der Waals surface area contributed by atoms with E-state index in [1.54, 1.807) is 25.6 Å². The summed E-state index contributed by atoms with van der Waals surface area (Å²) in [6.07, 6.45) is 1.02. The van der Waals surface area contributed by atoms with Crippen LogP contribution in [0.3, 0.4) is 0 Å². The van der Waals surface area contributed by atoms with Crippen molar-refractivity contribution in [1.82, 2.24) is 4.98 Å². The van der Waals surface area contributed by atoms with Gasteiger partial charge in [-0.15, -0.1) is 0 Å². The molecule has 1 saturated heterocycles. The molecule has 0 aromatic carbocycles. The Morgan fingerprint density at radius 1 is 1.33 bits per heavy atom. The maximum absolute atomic E-state index is 9.30. The van der Waals surface area contributed by atoms with Crippen LogP contribution in [0.5, 0.6) is 0 Å². The van der Waals surface area contributed by atoms with Crippen molar-refractivity contribution in [1.29, 1.82) is 0 Å². The Labute approximate surface area is 111 Å². The van der Waals surface area contributed by atoms with Gasteiger partial charge in [-0.3, -0.25) is 0 Å². The van der Waals surface area contributed by atoms with Gasteiger partial charge in [-0.05, 0) is 6.42 Å².